The second-order valence-electron chi connectivity index (χ2n) is 4.90. The van der Waals surface area contributed by atoms with Crippen molar-refractivity contribution in [2.75, 3.05) is 28.7 Å². The molecule has 1 atom stereocenters. The molecule has 0 N–H and O–H groups in total. The minimum absolute atomic E-state index is 0.0598. The third kappa shape index (κ3) is 3.55. The maximum atomic E-state index is 12.3. The van der Waals surface area contributed by atoms with Gasteiger partial charge in [-0.1, -0.05) is 18.5 Å². The number of carbonyl (C=O) groups is 1. The smallest absolute Gasteiger partial charge is 0.171 e. The van der Waals surface area contributed by atoms with Crippen molar-refractivity contribution >= 4 is 44.7 Å². The number of ketones is 1. The van der Waals surface area contributed by atoms with Crippen molar-refractivity contribution in [3.8, 4) is 0 Å². The van der Waals surface area contributed by atoms with Crippen LogP contribution in [0.2, 0.25) is 5.02 Å². The maximum absolute atomic E-state index is 12.3. The van der Waals surface area contributed by atoms with Gasteiger partial charge < -0.3 is 4.90 Å². The Labute approximate surface area is 134 Å². The van der Waals surface area contributed by atoms with Gasteiger partial charge in [0, 0.05) is 29.4 Å². The van der Waals surface area contributed by atoms with E-state index in [4.69, 9.17) is 11.6 Å². The van der Waals surface area contributed by atoms with Crippen LogP contribution in [0.4, 0.5) is 5.69 Å². The summed E-state index contributed by atoms with van der Waals surface area (Å²) < 4.78 is 24.5. The second-order valence-corrected chi connectivity index (χ2v) is 8.90. The van der Waals surface area contributed by atoms with E-state index in [-0.39, 0.29) is 11.5 Å². The lowest BCUT2D eigenvalue weighted by Gasteiger charge is -2.37. The molecule has 0 saturated carbocycles. The second kappa shape index (κ2) is 6.58. The molecular formula is C14H18ClNO3S2. The number of hydrogen-bond donors (Lipinski definition) is 0. The Kier molecular flexibility index (Phi) is 5.22. The van der Waals surface area contributed by atoms with Crippen molar-refractivity contribution in [1.29, 1.82) is 0 Å². The Balaban J connectivity index is 2.40. The van der Waals surface area contributed by atoms with Crippen molar-refractivity contribution in [2.45, 2.75) is 19.2 Å². The van der Waals surface area contributed by atoms with Crippen LogP contribution in [0.1, 0.15) is 24.2 Å². The molecule has 1 aromatic carbocycles. The summed E-state index contributed by atoms with van der Waals surface area (Å²) in [6.07, 6.45) is 0. The Morgan fingerprint density at radius 2 is 2.19 bits per heavy atom. The summed E-state index contributed by atoms with van der Waals surface area (Å²) >= 11 is 7.91. The fraction of sp³-hybridized carbons (Fsp3) is 0.500. The summed E-state index contributed by atoms with van der Waals surface area (Å²) in [5, 5.41) is -0.132. The molecule has 0 spiro atoms. The number of benzene rings is 1. The van der Waals surface area contributed by atoms with Crippen molar-refractivity contribution in [2.24, 2.45) is 0 Å². The SMILES string of the molecule is CCS(=O)(=O)C1CSCCN1c1ccc(C(C)=O)cc1Cl. The van der Waals surface area contributed by atoms with Gasteiger partial charge in [0.25, 0.3) is 0 Å². The number of nitrogens with zero attached hydrogens (tertiary/aromatic N) is 1. The normalized spacial score (nSPS) is 19.6. The molecule has 0 aliphatic carbocycles. The number of hydrogen-bond acceptors (Lipinski definition) is 5. The first kappa shape index (κ1) is 16.6. The minimum Gasteiger partial charge on any atom is -0.352 e. The fourth-order valence-electron chi connectivity index (χ4n) is 2.31. The van der Waals surface area contributed by atoms with Gasteiger partial charge in [0.05, 0.1) is 10.7 Å². The lowest BCUT2D eigenvalue weighted by Crippen LogP contribution is -2.48. The van der Waals surface area contributed by atoms with Crippen LogP contribution >= 0.6 is 23.4 Å². The number of thioether (sulfide) groups is 1. The van der Waals surface area contributed by atoms with Gasteiger partial charge in [-0.15, -0.1) is 0 Å². The molecule has 116 valence electrons. The summed E-state index contributed by atoms with van der Waals surface area (Å²) in [6.45, 7) is 3.77. The van der Waals surface area contributed by atoms with Gasteiger partial charge in [-0.25, -0.2) is 8.42 Å². The molecule has 1 unspecified atom stereocenters. The van der Waals surface area contributed by atoms with Gasteiger partial charge in [0.15, 0.2) is 15.6 Å². The van der Waals surface area contributed by atoms with Gasteiger partial charge in [-0.05, 0) is 25.1 Å². The molecule has 1 aliphatic rings. The van der Waals surface area contributed by atoms with E-state index in [1.807, 2.05) is 4.90 Å². The largest absolute Gasteiger partial charge is 0.352 e. The Bertz CT molecular complexity index is 646. The highest BCUT2D eigenvalue weighted by atomic mass is 35.5. The fourth-order valence-corrected chi connectivity index (χ4v) is 5.58. The van der Waals surface area contributed by atoms with Crippen molar-refractivity contribution in [3.05, 3.63) is 28.8 Å². The highest BCUT2D eigenvalue weighted by Crippen LogP contribution is 2.33. The van der Waals surface area contributed by atoms with Crippen LogP contribution in [0.15, 0.2) is 18.2 Å². The third-order valence-electron chi connectivity index (χ3n) is 3.57. The van der Waals surface area contributed by atoms with Crippen LogP contribution in [0.5, 0.6) is 0 Å². The molecule has 1 saturated heterocycles. The van der Waals surface area contributed by atoms with Crippen molar-refractivity contribution < 1.29 is 13.2 Å². The Morgan fingerprint density at radius 1 is 1.48 bits per heavy atom. The third-order valence-corrected chi connectivity index (χ3v) is 7.16. The molecule has 1 aromatic rings. The highest BCUT2D eigenvalue weighted by molar-refractivity contribution is 8.01. The van der Waals surface area contributed by atoms with Gasteiger partial charge >= 0.3 is 0 Å². The Morgan fingerprint density at radius 3 is 2.76 bits per heavy atom. The molecule has 0 radical (unpaired) electrons. The molecule has 4 nitrogen and oxygen atoms in total. The van der Waals surface area contributed by atoms with Crippen molar-refractivity contribution in [3.63, 3.8) is 0 Å². The van der Waals surface area contributed by atoms with Crippen LogP contribution in [0.3, 0.4) is 0 Å². The van der Waals surface area contributed by atoms with Gasteiger partial charge in [0.1, 0.15) is 5.37 Å². The Hall–Kier alpha value is -0.720. The van der Waals surface area contributed by atoms with E-state index in [0.29, 0.717) is 28.6 Å². The van der Waals surface area contributed by atoms with E-state index in [1.54, 1.807) is 36.9 Å². The molecule has 1 fully saturated rings. The lowest BCUT2D eigenvalue weighted by atomic mass is 10.1. The first-order chi connectivity index (χ1) is 9.86. The maximum Gasteiger partial charge on any atom is 0.171 e. The topological polar surface area (TPSA) is 54.5 Å². The number of rotatable bonds is 4. The monoisotopic (exact) mass is 347 g/mol. The molecule has 0 amide bonds. The molecule has 1 aliphatic heterocycles. The van der Waals surface area contributed by atoms with Crippen LogP contribution in [-0.4, -0.2) is 43.4 Å². The lowest BCUT2D eigenvalue weighted by molar-refractivity contribution is 0.101. The number of halogens is 1. The average Bonchev–Trinajstić information content (AvgIpc) is 2.47. The molecule has 1 heterocycles. The standard InChI is InChI=1S/C14H18ClNO3S2/c1-3-21(18,19)14-9-20-7-6-16(14)13-5-4-11(10(2)17)8-12(13)15/h4-5,8,14H,3,6-7,9H2,1-2H3. The molecule has 21 heavy (non-hydrogen) atoms. The zero-order valence-corrected chi connectivity index (χ0v) is 14.4. The van der Waals surface area contributed by atoms with Gasteiger partial charge in [-0.2, -0.15) is 11.8 Å². The predicted molar refractivity (Wildman–Crippen MR) is 89.4 cm³/mol. The van der Waals surface area contributed by atoms with Gasteiger partial charge in [0.2, 0.25) is 0 Å². The summed E-state index contributed by atoms with van der Waals surface area (Å²) in [4.78, 5) is 13.2. The average molecular weight is 348 g/mol. The first-order valence-electron chi connectivity index (χ1n) is 6.73. The van der Waals surface area contributed by atoms with Crippen LogP contribution in [-0.2, 0) is 9.84 Å². The number of Topliss-reactive ketones (excluding diaryl/α,β-unsaturated/α-hetero) is 1. The van der Waals surface area contributed by atoms with Crippen LogP contribution in [0.25, 0.3) is 0 Å². The van der Waals surface area contributed by atoms with E-state index < -0.39 is 15.2 Å². The summed E-state index contributed by atoms with van der Waals surface area (Å²) in [5.74, 6) is 1.45. The zero-order valence-electron chi connectivity index (χ0n) is 12.0. The van der Waals surface area contributed by atoms with E-state index in [0.717, 1.165) is 5.75 Å². The summed E-state index contributed by atoms with van der Waals surface area (Å²) in [7, 11) is -3.18. The van der Waals surface area contributed by atoms with E-state index in [2.05, 4.69) is 0 Å². The molecule has 0 bridgehead atoms. The molecule has 2 rings (SSSR count). The highest BCUT2D eigenvalue weighted by Gasteiger charge is 2.33. The molecule has 7 heteroatoms. The van der Waals surface area contributed by atoms with E-state index >= 15 is 0 Å². The molecule has 0 aromatic heterocycles. The van der Waals surface area contributed by atoms with E-state index in [9.17, 15) is 13.2 Å². The number of anilines is 1. The first-order valence-corrected chi connectivity index (χ1v) is 9.98. The van der Waals surface area contributed by atoms with Crippen LogP contribution in [0, 0.1) is 0 Å². The number of sulfone groups is 1. The van der Waals surface area contributed by atoms with E-state index in [1.165, 1.54) is 6.92 Å². The summed E-state index contributed by atoms with van der Waals surface area (Å²) in [5.41, 5.74) is 1.22. The zero-order chi connectivity index (χ0) is 15.6. The van der Waals surface area contributed by atoms with Gasteiger partial charge in [-0.3, -0.25) is 4.79 Å². The summed E-state index contributed by atoms with van der Waals surface area (Å²) in [6, 6.07) is 5.05. The molecular weight excluding hydrogens is 330 g/mol. The minimum atomic E-state index is -3.18. The quantitative estimate of drug-likeness (QED) is 0.784. The van der Waals surface area contributed by atoms with Crippen LogP contribution < -0.4 is 4.90 Å². The predicted octanol–water partition coefficient (Wildman–Crippen LogP) is 2.86. The number of carbonyl (C=O) groups excluding carboxylic acids is 1. The van der Waals surface area contributed by atoms with Crippen molar-refractivity contribution in [1.82, 2.24) is 0 Å².